The molecule has 1 aromatic rings. The van der Waals surface area contributed by atoms with Crippen molar-refractivity contribution in [2.24, 2.45) is 0 Å². The van der Waals surface area contributed by atoms with Gasteiger partial charge in [-0.05, 0) is 19.1 Å². The molecular weight excluding hydrogens is 330 g/mol. The van der Waals surface area contributed by atoms with Crippen molar-refractivity contribution in [3.05, 3.63) is 28.6 Å². The van der Waals surface area contributed by atoms with E-state index in [-0.39, 0.29) is 9.23 Å². The minimum Gasteiger partial charge on any atom is -0.481 e. The zero-order chi connectivity index (χ0) is 16.4. The number of thioether (sulfide) groups is 1. The van der Waals surface area contributed by atoms with Gasteiger partial charge in [0, 0.05) is 6.08 Å². The Kier molecular flexibility index (Phi) is 4.67. The number of hydrogen-bond donors (Lipinski definition) is 2. The third-order valence-electron chi connectivity index (χ3n) is 2.82. The summed E-state index contributed by atoms with van der Waals surface area (Å²) in [7, 11) is 0. The molecule has 0 bridgehead atoms. The average Bonchev–Trinajstić information content (AvgIpc) is 2.92. The number of nitrogens with zero attached hydrogens (tertiary/aromatic N) is 1. The molecule has 9 heteroatoms. The van der Waals surface area contributed by atoms with Crippen molar-refractivity contribution < 1.29 is 29.0 Å². The van der Waals surface area contributed by atoms with E-state index in [2.05, 4.69) is 0 Å². The summed E-state index contributed by atoms with van der Waals surface area (Å²) in [6.07, 6.45) is 0.723. The van der Waals surface area contributed by atoms with Gasteiger partial charge in [0.15, 0.2) is 0 Å². The molecule has 1 atom stereocenters. The Morgan fingerprint density at radius 2 is 2.14 bits per heavy atom. The minimum atomic E-state index is -1.53. The fourth-order valence-corrected chi connectivity index (χ4v) is 3.20. The van der Waals surface area contributed by atoms with Crippen molar-refractivity contribution in [1.29, 1.82) is 0 Å². The van der Waals surface area contributed by atoms with Crippen molar-refractivity contribution >= 4 is 52.2 Å². The predicted octanol–water partition coefficient (Wildman–Crippen LogP) is 1.72. The number of carbonyl (C=O) groups excluding carboxylic acids is 1. The Labute approximate surface area is 134 Å². The molecule has 0 saturated carbocycles. The van der Waals surface area contributed by atoms with Gasteiger partial charge >= 0.3 is 11.9 Å². The summed E-state index contributed by atoms with van der Waals surface area (Å²) in [5, 5.41) is 17.9. The number of carboxylic acid groups (broad SMARTS) is 2. The molecule has 1 aromatic heterocycles. The van der Waals surface area contributed by atoms with Crippen LogP contribution in [0.4, 0.5) is 0 Å². The van der Waals surface area contributed by atoms with Gasteiger partial charge in [0.1, 0.15) is 21.9 Å². The number of carbonyl (C=O) groups is 3. The molecule has 1 fully saturated rings. The maximum Gasteiger partial charge on any atom is 0.327 e. The highest BCUT2D eigenvalue weighted by Crippen LogP contribution is 2.34. The van der Waals surface area contributed by atoms with E-state index in [0.717, 1.165) is 16.7 Å². The van der Waals surface area contributed by atoms with Gasteiger partial charge in [0.25, 0.3) is 5.91 Å². The number of aryl methyl sites for hydroxylation is 1. The summed E-state index contributed by atoms with van der Waals surface area (Å²) in [5.74, 6) is -2.29. The van der Waals surface area contributed by atoms with Crippen LogP contribution in [0.5, 0.6) is 0 Å². The Bertz CT molecular complexity index is 692. The van der Waals surface area contributed by atoms with Crippen LogP contribution in [0, 0.1) is 6.92 Å². The zero-order valence-electron chi connectivity index (χ0n) is 11.3. The lowest BCUT2D eigenvalue weighted by molar-refractivity contribution is -0.150. The Balaban J connectivity index is 2.29. The van der Waals surface area contributed by atoms with E-state index in [1.807, 2.05) is 0 Å². The topological polar surface area (TPSA) is 108 Å². The summed E-state index contributed by atoms with van der Waals surface area (Å²) < 4.78 is 5.33. The van der Waals surface area contributed by atoms with E-state index in [9.17, 15) is 14.4 Å². The number of amides is 1. The lowest BCUT2D eigenvalue weighted by atomic mass is 10.2. The first-order chi connectivity index (χ1) is 10.3. The van der Waals surface area contributed by atoms with E-state index in [1.165, 1.54) is 6.08 Å². The molecule has 0 aromatic carbocycles. The van der Waals surface area contributed by atoms with Crippen LogP contribution in [0.25, 0.3) is 6.08 Å². The highest BCUT2D eigenvalue weighted by Gasteiger charge is 2.41. The summed E-state index contributed by atoms with van der Waals surface area (Å²) in [4.78, 5) is 35.3. The van der Waals surface area contributed by atoms with Crippen LogP contribution in [0.3, 0.4) is 0 Å². The van der Waals surface area contributed by atoms with Gasteiger partial charge in [-0.2, -0.15) is 0 Å². The first-order valence-electron chi connectivity index (χ1n) is 6.07. The van der Waals surface area contributed by atoms with Gasteiger partial charge in [-0.1, -0.05) is 24.0 Å². The smallest absolute Gasteiger partial charge is 0.327 e. The molecular formula is C13H11NO6S2. The van der Waals surface area contributed by atoms with Crippen molar-refractivity contribution in [3.63, 3.8) is 0 Å². The molecule has 0 radical (unpaired) electrons. The van der Waals surface area contributed by atoms with E-state index in [4.69, 9.17) is 26.8 Å². The average molecular weight is 341 g/mol. The third kappa shape index (κ3) is 3.37. The number of aliphatic carboxylic acids is 2. The van der Waals surface area contributed by atoms with Crippen LogP contribution < -0.4 is 0 Å². The van der Waals surface area contributed by atoms with Crippen LogP contribution in [0.2, 0.25) is 0 Å². The number of rotatable bonds is 5. The predicted molar refractivity (Wildman–Crippen MR) is 82.1 cm³/mol. The normalized spacial score (nSPS) is 18.0. The van der Waals surface area contributed by atoms with Crippen LogP contribution >= 0.6 is 24.0 Å². The van der Waals surface area contributed by atoms with E-state index in [0.29, 0.717) is 11.5 Å². The third-order valence-corrected chi connectivity index (χ3v) is 4.15. The molecule has 0 spiro atoms. The fourth-order valence-electron chi connectivity index (χ4n) is 1.86. The number of hydrogen-bond acceptors (Lipinski definition) is 6. The Hall–Kier alpha value is -2.13. The van der Waals surface area contributed by atoms with Gasteiger partial charge in [0.2, 0.25) is 0 Å². The SMILES string of the molecule is Cc1ccc(/C=C2/SC(=S)N([C@@H](CC(=O)O)C(=O)O)C2=O)o1. The highest BCUT2D eigenvalue weighted by atomic mass is 32.2. The maximum atomic E-state index is 12.3. The molecule has 1 aliphatic heterocycles. The number of furan rings is 1. The molecule has 1 saturated heterocycles. The fraction of sp³-hybridized carbons (Fsp3) is 0.231. The molecule has 22 heavy (non-hydrogen) atoms. The second kappa shape index (κ2) is 6.32. The zero-order valence-corrected chi connectivity index (χ0v) is 12.9. The van der Waals surface area contributed by atoms with Gasteiger partial charge in [-0.25, -0.2) is 4.79 Å². The molecule has 1 aliphatic rings. The lowest BCUT2D eigenvalue weighted by Gasteiger charge is -2.21. The summed E-state index contributed by atoms with van der Waals surface area (Å²) in [5.41, 5.74) is 0. The second-order valence-electron chi connectivity index (χ2n) is 4.45. The van der Waals surface area contributed by atoms with Crippen molar-refractivity contribution in [2.45, 2.75) is 19.4 Å². The quantitative estimate of drug-likeness (QED) is 0.615. The molecule has 2 rings (SSSR count). The van der Waals surface area contributed by atoms with E-state index < -0.39 is 30.3 Å². The van der Waals surface area contributed by atoms with Crippen LogP contribution in [-0.4, -0.2) is 43.3 Å². The summed E-state index contributed by atoms with van der Waals surface area (Å²) in [6.45, 7) is 1.75. The standard InChI is InChI=1S/C13H11NO6S2/c1-6-2-3-7(20-6)4-9-11(17)14(13(21)22-9)8(12(18)19)5-10(15)16/h2-4,8H,5H2,1H3,(H,15,16)(H,18,19)/b9-4+/t8-/m0/s1. The molecule has 2 heterocycles. The second-order valence-corrected chi connectivity index (χ2v) is 6.13. The number of thiocarbonyl (C=S) groups is 1. The van der Waals surface area contributed by atoms with Crippen molar-refractivity contribution in [2.75, 3.05) is 0 Å². The van der Waals surface area contributed by atoms with Gasteiger partial charge in [-0.15, -0.1) is 0 Å². The number of carboxylic acids is 2. The van der Waals surface area contributed by atoms with Crippen LogP contribution in [-0.2, 0) is 14.4 Å². The van der Waals surface area contributed by atoms with Crippen LogP contribution in [0.15, 0.2) is 21.5 Å². The Morgan fingerprint density at radius 1 is 1.45 bits per heavy atom. The lowest BCUT2D eigenvalue weighted by Crippen LogP contribution is -2.45. The minimum absolute atomic E-state index is 0.00757. The highest BCUT2D eigenvalue weighted by molar-refractivity contribution is 8.26. The van der Waals surface area contributed by atoms with E-state index in [1.54, 1.807) is 19.1 Å². The van der Waals surface area contributed by atoms with Crippen LogP contribution in [0.1, 0.15) is 17.9 Å². The molecule has 0 unspecified atom stereocenters. The maximum absolute atomic E-state index is 12.3. The largest absolute Gasteiger partial charge is 0.481 e. The molecule has 116 valence electrons. The molecule has 2 N–H and O–H groups in total. The first kappa shape index (κ1) is 16.2. The van der Waals surface area contributed by atoms with Gasteiger partial charge in [0.05, 0.1) is 11.3 Å². The van der Waals surface area contributed by atoms with Crippen molar-refractivity contribution in [1.82, 2.24) is 4.90 Å². The monoisotopic (exact) mass is 341 g/mol. The first-order valence-corrected chi connectivity index (χ1v) is 7.30. The Morgan fingerprint density at radius 3 is 2.64 bits per heavy atom. The van der Waals surface area contributed by atoms with Gasteiger partial charge < -0.3 is 14.6 Å². The molecule has 1 amide bonds. The van der Waals surface area contributed by atoms with Crippen molar-refractivity contribution in [3.8, 4) is 0 Å². The summed E-state index contributed by atoms with van der Waals surface area (Å²) >= 11 is 5.92. The van der Waals surface area contributed by atoms with E-state index >= 15 is 0 Å². The molecule has 7 nitrogen and oxygen atoms in total. The molecule has 0 aliphatic carbocycles. The van der Waals surface area contributed by atoms with Gasteiger partial charge in [-0.3, -0.25) is 14.5 Å². The summed E-state index contributed by atoms with van der Waals surface area (Å²) in [6, 6.07) is 1.85.